The van der Waals surface area contributed by atoms with Crippen molar-refractivity contribution in [3.8, 4) is 0 Å². The monoisotopic (exact) mass is 441 g/mol. The number of carbonyl (C=O) groups excluding carboxylic acids is 1. The predicted molar refractivity (Wildman–Crippen MR) is 124 cm³/mol. The fourth-order valence-electron chi connectivity index (χ4n) is 4.61. The Hall–Kier alpha value is -2.38. The van der Waals surface area contributed by atoms with Crippen molar-refractivity contribution in [2.24, 2.45) is 0 Å². The topological polar surface area (TPSA) is 69.7 Å². The first-order valence-electron chi connectivity index (χ1n) is 11.2. The molecule has 2 aliphatic rings. The SMILES string of the molecule is CN(Cc1ccccc1NS(=O)(=O)c1ccc(N2CCCC2=O)cc1)C1CCCCC1. The summed E-state index contributed by atoms with van der Waals surface area (Å²) in [6.07, 6.45) is 7.64. The Morgan fingerprint density at radius 3 is 2.39 bits per heavy atom. The lowest BCUT2D eigenvalue weighted by Crippen LogP contribution is -2.33. The Labute approximate surface area is 185 Å². The van der Waals surface area contributed by atoms with E-state index in [0.717, 1.165) is 17.7 Å². The van der Waals surface area contributed by atoms with Crippen molar-refractivity contribution >= 4 is 27.3 Å². The molecule has 0 atom stereocenters. The van der Waals surface area contributed by atoms with Crippen LogP contribution in [0.25, 0.3) is 0 Å². The maximum atomic E-state index is 13.0. The number of sulfonamides is 1. The molecule has 2 aromatic carbocycles. The van der Waals surface area contributed by atoms with Gasteiger partial charge in [-0.1, -0.05) is 37.5 Å². The Morgan fingerprint density at radius 1 is 1.00 bits per heavy atom. The van der Waals surface area contributed by atoms with Gasteiger partial charge >= 0.3 is 0 Å². The molecule has 1 aliphatic carbocycles. The van der Waals surface area contributed by atoms with Gasteiger partial charge in [-0.2, -0.15) is 0 Å². The summed E-state index contributed by atoms with van der Waals surface area (Å²) in [6, 6.07) is 14.7. The second-order valence-electron chi connectivity index (χ2n) is 8.61. The van der Waals surface area contributed by atoms with E-state index in [4.69, 9.17) is 0 Å². The molecule has 166 valence electrons. The van der Waals surface area contributed by atoms with Gasteiger partial charge in [0, 0.05) is 31.2 Å². The lowest BCUT2D eigenvalue weighted by molar-refractivity contribution is -0.117. The molecule has 4 rings (SSSR count). The van der Waals surface area contributed by atoms with Crippen molar-refractivity contribution < 1.29 is 13.2 Å². The van der Waals surface area contributed by atoms with Gasteiger partial charge in [-0.3, -0.25) is 14.4 Å². The molecule has 1 heterocycles. The summed E-state index contributed by atoms with van der Waals surface area (Å²) in [6.45, 7) is 1.39. The van der Waals surface area contributed by atoms with Crippen molar-refractivity contribution in [2.45, 2.75) is 62.4 Å². The molecule has 0 radical (unpaired) electrons. The van der Waals surface area contributed by atoms with Crippen molar-refractivity contribution in [2.75, 3.05) is 23.2 Å². The van der Waals surface area contributed by atoms with Crippen molar-refractivity contribution in [1.82, 2.24) is 4.90 Å². The summed E-state index contributed by atoms with van der Waals surface area (Å²) in [5.41, 5.74) is 2.33. The summed E-state index contributed by atoms with van der Waals surface area (Å²) >= 11 is 0. The molecule has 1 aliphatic heterocycles. The van der Waals surface area contributed by atoms with Crippen LogP contribution in [0.2, 0.25) is 0 Å². The van der Waals surface area contributed by atoms with E-state index < -0.39 is 10.0 Å². The number of carbonyl (C=O) groups is 1. The summed E-state index contributed by atoms with van der Waals surface area (Å²) in [7, 11) is -1.60. The summed E-state index contributed by atoms with van der Waals surface area (Å²) < 4.78 is 28.8. The van der Waals surface area contributed by atoms with E-state index in [2.05, 4.69) is 16.7 Å². The van der Waals surface area contributed by atoms with E-state index in [1.165, 1.54) is 32.1 Å². The highest BCUT2D eigenvalue weighted by molar-refractivity contribution is 7.92. The number of benzene rings is 2. The van der Waals surface area contributed by atoms with Gasteiger partial charge in [0.05, 0.1) is 10.6 Å². The Bertz CT molecular complexity index is 1010. The number of anilines is 2. The van der Waals surface area contributed by atoms with Crippen molar-refractivity contribution in [1.29, 1.82) is 0 Å². The van der Waals surface area contributed by atoms with E-state index in [1.807, 2.05) is 24.3 Å². The van der Waals surface area contributed by atoms with Crippen LogP contribution in [0.3, 0.4) is 0 Å². The van der Waals surface area contributed by atoms with Gasteiger partial charge in [0.1, 0.15) is 0 Å². The van der Waals surface area contributed by atoms with E-state index in [0.29, 0.717) is 31.2 Å². The normalized spacial score (nSPS) is 18.0. The van der Waals surface area contributed by atoms with Gasteiger partial charge in [0.15, 0.2) is 0 Å². The van der Waals surface area contributed by atoms with Crippen LogP contribution in [0.4, 0.5) is 11.4 Å². The smallest absolute Gasteiger partial charge is 0.261 e. The lowest BCUT2D eigenvalue weighted by atomic mass is 9.94. The molecule has 31 heavy (non-hydrogen) atoms. The zero-order valence-electron chi connectivity index (χ0n) is 18.1. The molecule has 0 unspecified atom stereocenters. The molecule has 1 saturated carbocycles. The molecule has 2 aromatic rings. The third kappa shape index (κ3) is 5.10. The number of amides is 1. The second-order valence-corrected chi connectivity index (χ2v) is 10.3. The minimum Gasteiger partial charge on any atom is -0.312 e. The molecule has 7 heteroatoms. The number of hydrogen-bond donors (Lipinski definition) is 1. The Balaban J connectivity index is 1.48. The quantitative estimate of drug-likeness (QED) is 0.692. The highest BCUT2D eigenvalue weighted by atomic mass is 32.2. The largest absolute Gasteiger partial charge is 0.312 e. The molecule has 1 saturated heterocycles. The third-order valence-corrected chi connectivity index (χ3v) is 7.79. The maximum Gasteiger partial charge on any atom is 0.261 e. The molecule has 2 fully saturated rings. The maximum absolute atomic E-state index is 13.0. The number of hydrogen-bond acceptors (Lipinski definition) is 4. The van der Waals surface area contributed by atoms with Gasteiger partial charge in [-0.15, -0.1) is 0 Å². The Morgan fingerprint density at radius 2 is 1.71 bits per heavy atom. The van der Waals surface area contributed by atoms with E-state index >= 15 is 0 Å². The third-order valence-electron chi connectivity index (χ3n) is 6.41. The van der Waals surface area contributed by atoms with Crippen molar-refractivity contribution in [3.05, 3.63) is 54.1 Å². The van der Waals surface area contributed by atoms with Crippen LogP contribution < -0.4 is 9.62 Å². The average molecular weight is 442 g/mol. The Kier molecular flexibility index (Phi) is 6.62. The van der Waals surface area contributed by atoms with Crippen LogP contribution in [0.1, 0.15) is 50.5 Å². The first-order valence-corrected chi connectivity index (χ1v) is 12.6. The van der Waals surface area contributed by atoms with Crippen LogP contribution in [0, 0.1) is 0 Å². The van der Waals surface area contributed by atoms with Crippen LogP contribution in [-0.2, 0) is 21.4 Å². The van der Waals surface area contributed by atoms with Gasteiger partial charge in [0.25, 0.3) is 10.0 Å². The van der Waals surface area contributed by atoms with Gasteiger partial charge in [-0.25, -0.2) is 8.42 Å². The molecule has 0 spiro atoms. The highest BCUT2D eigenvalue weighted by Crippen LogP contribution is 2.27. The highest BCUT2D eigenvalue weighted by Gasteiger charge is 2.23. The van der Waals surface area contributed by atoms with Crippen LogP contribution in [0.5, 0.6) is 0 Å². The summed E-state index contributed by atoms with van der Waals surface area (Å²) in [5.74, 6) is 0.0877. The zero-order valence-corrected chi connectivity index (χ0v) is 18.9. The average Bonchev–Trinajstić information content (AvgIpc) is 3.21. The number of nitrogens with zero attached hydrogens (tertiary/aromatic N) is 2. The first kappa shape index (κ1) is 21.8. The molecule has 1 N–H and O–H groups in total. The second kappa shape index (κ2) is 9.40. The molecular weight excluding hydrogens is 410 g/mol. The standard InChI is InChI=1S/C24H31N3O3S/c1-26(20-9-3-2-4-10-20)18-19-8-5-6-11-23(19)25-31(29,30)22-15-13-21(14-16-22)27-17-7-12-24(27)28/h5-6,8,11,13-16,20,25H,2-4,7,9-10,12,17-18H2,1H3. The minimum absolute atomic E-state index is 0.0877. The minimum atomic E-state index is -3.72. The fraction of sp³-hybridized carbons (Fsp3) is 0.458. The fourth-order valence-corrected chi connectivity index (χ4v) is 5.71. The molecule has 0 bridgehead atoms. The predicted octanol–water partition coefficient (Wildman–Crippen LogP) is 4.38. The molecular formula is C24H31N3O3S. The molecule has 0 aromatic heterocycles. The number of nitrogens with one attached hydrogen (secondary N) is 1. The van der Waals surface area contributed by atoms with E-state index in [1.54, 1.807) is 29.2 Å². The van der Waals surface area contributed by atoms with Crippen LogP contribution >= 0.6 is 0 Å². The number of rotatable bonds is 7. The van der Waals surface area contributed by atoms with Gasteiger partial charge in [-0.05, 0) is 62.2 Å². The first-order chi connectivity index (χ1) is 14.9. The zero-order chi connectivity index (χ0) is 21.8. The molecule has 1 amide bonds. The van der Waals surface area contributed by atoms with Crippen LogP contribution in [-0.4, -0.2) is 38.9 Å². The number of para-hydroxylation sites is 1. The van der Waals surface area contributed by atoms with Crippen LogP contribution in [0.15, 0.2) is 53.4 Å². The van der Waals surface area contributed by atoms with E-state index in [-0.39, 0.29) is 10.8 Å². The van der Waals surface area contributed by atoms with Crippen molar-refractivity contribution in [3.63, 3.8) is 0 Å². The van der Waals surface area contributed by atoms with Gasteiger partial charge in [0.2, 0.25) is 5.91 Å². The molecule has 6 nitrogen and oxygen atoms in total. The van der Waals surface area contributed by atoms with Gasteiger partial charge < -0.3 is 4.90 Å². The lowest BCUT2D eigenvalue weighted by Gasteiger charge is -2.31. The summed E-state index contributed by atoms with van der Waals surface area (Å²) in [4.78, 5) is 16.2. The summed E-state index contributed by atoms with van der Waals surface area (Å²) in [5, 5.41) is 0. The van der Waals surface area contributed by atoms with E-state index in [9.17, 15) is 13.2 Å².